The van der Waals surface area contributed by atoms with Crippen LogP contribution in [0.25, 0.3) is 10.9 Å². The highest BCUT2D eigenvalue weighted by Gasteiger charge is 2.14. The van der Waals surface area contributed by atoms with Gasteiger partial charge < -0.3 is 10.1 Å². The molecule has 0 saturated carbocycles. The number of pyridine rings is 1. The van der Waals surface area contributed by atoms with Gasteiger partial charge in [-0.15, -0.1) is 0 Å². The van der Waals surface area contributed by atoms with Crippen LogP contribution in [0, 0.1) is 5.82 Å². The molecule has 1 heterocycles. The third-order valence-electron chi connectivity index (χ3n) is 3.78. The largest absolute Gasteiger partial charge is 0.375 e. The molecule has 0 saturated heterocycles. The van der Waals surface area contributed by atoms with E-state index in [9.17, 15) is 9.18 Å². The molecule has 1 N–H and O–H groups in total. The van der Waals surface area contributed by atoms with Gasteiger partial charge in [-0.2, -0.15) is 0 Å². The highest BCUT2D eigenvalue weighted by Crippen LogP contribution is 2.17. The van der Waals surface area contributed by atoms with Gasteiger partial charge in [0, 0.05) is 19.0 Å². The summed E-state index contributed by atoms with van der Waals surface area (Å²) in [7, 11) is 1.52. The molecule has 0 fully saturated rings. The van der Waals surface area contributed by atoms with Crippen LogP contribution >= 0.6 is 0 Å². The van der Waals surface area contributed by atoms with Crippen molar-refractivity contribution in [1.29, 1.82) is 0 Å². The SMILES string of the molecule is COC(CNC(=O)c1ccc2ccccc2n1)c1cccc(F)c1. The Morgan fingerprint density at radius 3 is 2.79 bits per heavy atom. The number of carbonyl (C=O) groups excluding carboxylic acids is 1. The highest BCUT2D eigenvalue weighted by atomic mass is 19.1. The molecule has 1 aromatic heterocycles. The molecule has 3 aromatic rings. The second-order valence-electron chi connectivity index (χ2n) is 5.38. The Morgan fingerprint density at radius 2 is 2.00 bits per heavy atom. The van der Waals surface area contributed by atoms with Crippen LogP contribution in [0.5, 0.6) is 0 Å². The van der Waals surface area contributed by atoms with Crippen LogP contribution in [0.2, 0.25) is 0 Å². The summed E-state index contributed by atoms with van der Waals surface area (Å²) in [6.07, 6.45) is -0.426. The average molecular weight is 324 g/mol. The molecule has 0 bridgehead atoms. The van der Waals surface area contributed by atoms with Gasteiger partial charge in [-0.05, 0) is 29.8 Å². The maximum atomic E-state index is 13.3. The van der Waals surface area contributed by atoms with E-state index < -0.39 is 6.10 Å². The number of nitrogens with one attached hydrogen (secondary N) is 1. The number of methoxy groups -OCH3 is 1. The Labute approximate surface area is 139 Å². The molecule has 24 heavy (non-hydrogen) atoms. The molecule has 0 aliphatic heterocycles. The molecular formula is C19H17FN2O2. The number of hydrogen-bond donors (Lipinski definition) is 1. The van der Waals surface area contributed by atoms with Crippen LogP contribution < -0.4 is 5.32 Å². The minimum absolute atomic E-state index is 0.229. The number of aromatic nitrogens is 1. The van der Waals surface area contributed by atoms with Crippen LogP contribution in [0.4, 0.5) is 4.39 Å². The van der Waals surface area contributed by atoms with Crippen LogP contribution in [0.15, 0.2) is 60.7 Å². The van der Waals surface area contributed by atoms with Crippen molar-refractivity contribution in [3.63, 3.8) is 0 Å². The first-order valence-electron chi connectivity index (χ1n) is 7.59. The lowest BCUT2D eigenvalue weighted by molar-refractivity contribution is 0.0823. The molecule has 0 aliphatic rings. The molecule has 2 aromatic carbocycles. The molecule has 0 spiro atoms. The number of hydrogen-bond acceptors (Lipinski definition) is 3. The third kappa shape index (κ3) is 3.58. The number of carbonyl (C=O) groups is 1. The van der Waals surface area contributed by atoms with Crippen LogP contribution in [-0.4, -0.2) is 24.5 Å². The molecule has 3 rings (SSSR count). The third-order valence-corrected chi connectivity index (χ3v) is 3.78. The van der Waals surface area contributed by atoms with Crippen molar-refractivity contribution in [3.05, 3.63) is 77.7 Å². The number of benzene rings is 2. The molecule has 5 heteroatoms. The maximum Gasteiger partial charge on any atom is 0.270 e. The molecular weight excluding hydrogens is 307 g/mol. The normalized spacial score (nSPS) is 12.1. The summed E-state index contributed by atoms with van der Waals surface area (Å²) in [4.78, 5) is 16.7. The predicted octanol–water partition coefficient (Wildman–Crippen LogP) is 3.49. The number of halogens is 1. The predicted molar refractivity (Wildman–Crippen MR) is 90.2 cm³/mol. The number of amides is 1. The van der Waals surface area contributed by atoms with Gasteiger partial charge in [0.05, 0.1) is 11.6 Å². The number of nitrogens with zero attached hydrogens (tertiary/aromatic N) is 1. The van der Waals surface area contributed by atoms with Crippen LogP contribution in [0.3, 0.4) is 0 Å². The molecule has 1 unspecified atom stereocenters. The molecule has 4 nitrogen and oxygen atoms in total. The van der Waals surface area contributed by atoms with Gasteiger partial charge in [0.15, 0.2) is 0 Å². The van der Waals surface area contributed by atoms with Crippen molar-refractivity contribution in [2.24, 2.45) is 0 Å². The fourth-order valence-electron chi connectivity index (χ4n) is 2.51. The summed E-state index contributed by atoms with van der Waals surface area (Å²) in [5.74, 6) is -0.628. The van der Waals surface area contributed by atoms with Gasteiger partial charge >= 0.3 is 0 Å². The van der Waals surface area contributed by atoms with Gasteiger partial charge in [0.1, 0.15) is 11.5 Å². The number of para-hydroxylation sites is 1. The van der Waals surface area contributed by atoms with Gasteiger partial charge in [-0.1, -0.05) is 36.4 Å². The summed E-state index contributed by atoms with van der Waals surface area (Å²) >= 11 is 0. The Hall–Kier alpha value is -2.79. The van der Waals surface area contributed by atoms with Crippen LogP contribution in [-0.2, 0) is 4.74 Å². The second kappa shape index (κ2) is 7.19. The smallest absolute Gasteiger partial charge is 0.270 e. The van der Waals surface area contributed by atoms with Crippen molar-refractivity contribution in [1.82, 2.24) is 10.3 Å². The van der Waals surface area contributed by atoms with Crippen molar-refractivity contribution in [2.75, 3.05) is 13.7 Å². The maximum absolute atomic E-state index is 13.3. The standard InChI is InChI=1S/C19H17FN2O2/c1-24-18(14-6-4-7-15(20)11-14)12-21-19(23)17-10-9-13-5-2-3-8-16(13)22-17/h2-11,18H,12H2,1H3,(H,21,23). The summed E-state index contributed by atoms with van der Waals surface area (Å²) in [5.41, 5.74) is 1.77. The van der Waals surface area contributed by atoms with Gasteiger partial charge in [0.25, 0.3) is 5.91 Å². The lowest BCUT2D eigenvalue weighted by Gasteiger charge is -2.16. The fourth-order valence-corrected chi connectivity index (χ4v) is 2.51. The Kier molecular flexibility index (Phi) is 4.82. The van der Waals surface area contributed by atoms with E-state index in [2.05, 4.69) is 10.3 Å². The van der Waals surface area contributed by atoms with Crippen molar-refractivity contribution in [2.45, 2.75) is 6.10 Å². The van der Waals surface area contributed by atoms with Gasteiger partial charge in [-0.3, -0.25) is 4.79 Å². The quantitative estimate of drug-likeness (QED) is 0.781. The zero-order valence-corrected chi connectivity index (χ0v) is 13.2. The van der Waals surface area contributed by atoms with Gasteiger partial charge in [0.2, 0.25) is 0 Å². The van der Waals surface area contributed by atoms with Crippen molar-refractivity contribution < 1.29 is 13.9 Å². The minimum atomic E-state index is -0.426. The monoisotopic (exact) mass is 324 g/mol. The number of ether oxygens (including phenoxy) is 1. The van der Waals surface area contributed by atoms with Crippen molar-refractivity contribution >= 4 is 16.8 Å². The zero-order valence-electron chi connectivity index (χ0n) is 13.2. The lowest BCUT2D eigenvalue weighted by Crippen LogP contribution is -2.29. The van der Waals surface area contributed by atoms with Crippen LogP contribution in [0.1, 0.15) is 22.2 Å². The summed E-state index contributed by atoms with van der Waals surface area (Å²) in [6, 6.07) is 17.3. The molecule has 0 radical (unpaired) electrons. The van der Waals surface area contributed by atoms with E-state index in [0.717, 1.165) is 10.9 Å². The van der Waals surface area contributed by atoms with E-state index >= 15 is 0 Å². The topological polar surface area (TPSA) is 51.2 Å². The van der Waals surface area contributed by atoms with E-state index in [-0.39, 0.29) is 18.3 Å². The second-order valence-corrected chi connectivity index (χ2v) is 5.38. The first-order valence-corrected chi connectivity index (χ1v) is 7.59. The Bertz CT molecular complexity index is 867. The van der Waals surface area contributed by atoms with Crippen molar-refractivity contribution in [3.8, 4) is 0 Å². The summed E-state index contributed by atoms with van der Waals surface area (Å²) in [6.45, 7) is 0.229. The summed E-state index contributed by atoms with van der Waals surface area (Å²) in [5, 5.41) is 3.76. The average Bonchev–Trinajstić information content (AvgIpc) is 2.61. The summed E-state index contributed by atoms with van der Waals surface area (Å²) < 4.78 is 18.7. The van der Waals surface area contributed by atoms with E-state index in [1.165, 1.54) is 19.2 Å². The Morgan fingerprint density at radius 1 is 1.17 bits per heavy atom. The highest BCUT2D eigenvalue weighted by molar-refractivity contribution is 5.94. The first-order chi connectivity index (χ1) is 11.7. The molecule has 1 atom stereocenters. The number of fused-ring (bicyclic) bond motifs is 1. The van der Waals surface area contributed by atoms with Gasteiger partial charge in [-0.25, -0.2) is 9.37 Å². The molecule has 122 valence electrons. The number of rotatable bonds is 5. The molecule has 1 amide bonds. The van der Waals surface area contributed by atoms with E-state index in [1.807, 2.05) is 30.3 Å². The fraction of sp³-hybridized carbons (Fsp3) is 0.158. The first kappa shape index (κ1) is 16.1. The zero-order chi connectivity index (χ0) is 16.9. The van der Waals surface area contributed by atoms with E-state index in [1.54, 1.807) is 18.2 Å². The lowest BCUT2D eigenvalue weighted by atomic mass is 10.1. The Balaban J connectivity index is 1.71. The van der Waals surface area contributed by atoms with E-state index in [4.69, 9.17) is 4.74 Å². The minimum Gasteiger partial charge on any atom is -0.375 e. The van der Waals surface area contributed by atoms with E-state index in [0.29, 0.717) is 11.3 Å². The molecule has 0 aliphatic carbocycles.